The van der Waals surface area contributed by atoms with Gasteiger partial charge >= 0.3 is 0 Å². The lowest BCUT2D eigenvalue weighted by Gasteiger charge is -2.42. The first-order valence-corrected chi connectivity index (χ1v) is 16.3. The molecule has 1 unspecified atom stereocenters. The molecule has 3 N–H and O–H groups in total. The van der Waals surface area contributed by atoms with Gasteiger partial charge in [0.25, 0.3) is 0 Å². The van der Waals surface area contributed by atoms with Crippen molar-refractivity contribution >= 4 is 51.3 Å². The number of nitrogens with one attached hydrogen (secondary N) is 1. The van der Waals surface area contributed by atoms with Crippen molar-refractivity contribution in [3.8, 4) is 17.6 Å². The van der Waals surface area contributed by atoms with E-state index in [0.29, 0.717) is 57.9 Å². The monoisotopic (exact) mass is 636 g/mol. The number of rotatable bonds is 10. The second-order valence-corrected chi connectivity index (χ2v) is 14.1. The molecule has 1 aliphatic carbocycles. The van der Waals surface area contributed by atoms with Gasteiger partial charge in [-0.2, -0.15) is 5.26 Å². The zero-order valence-corrected chi connectivity index (χ0v) is 26.8. The minimum Gasteiger partial charge on any atom is -0.493 e. The Balaban J connectivity index is 1.29. The maximum Gasteiger partial charge on any atom is 0.230 e. The van der Waals surface area contributed by atoms with Crippen molar-refractivity contribution in [2.75, 3.05) is 31.4 Å². The highest BCUT2D eigenvalue weighted by molar-refractivity contribution is 8.01. The summed E-state index contributed by atoms with van der Waals surface area (Å²) in [4.78, 5) is 28.8. The first-order chi connectivity index (χ1) is 20.7. The van der Waals surface area contributed by atoms with Crippen LogP contribution in [0, 0.1) is 16.7 Å². The van der Waals surface area contributed by atoms with Crippen molar-refractivity contribution in [3.05, 3.63) is 68.8 Å². The summed E-state index contributed by atoms with van der Waals surface area (Å²) in [5.41, 5.74) is 9.09. The van der Waals surface area contributed by atoms with Crippen molar-refractivity contribution in [3.63, 3.8) is 0 Å². The number of carbonyl (C=O) groups excluding carboxylic acids is 2. The average molecular weight is 637 g/mol. The summed E-state index contributed by atoms with van der Waals surface area (Å²) in [6.45, 7) is 4.57. The third-order valence-electron chi connectivity index (χ3n) is 7.31. The highest BCUT2D eigenvalue weighted by Crippen LogP contribution is 2.51. The number of carbonyl (C=O) groups is 2. The smallest absolute Gasteiger partial charge is 0.230 e. The normalized spacial score (nSPS) is 17.9. The van der Waals surface area contributed by atoms with E-state index in [2.05, 4.69) is 35.4 Å². The van der Waals surface area contributed by atoms with Crippen molar-refractivity contribution in [1.82, 2.24) is 15.5 Å². The molecule has 224 valence electrons. The van der Waals surface area contributed by atoms with Gasteiger partial charge in [0.15, 0.2) is 21.6 Å². The quantitative estimate of drug-likeness (QED) is 0.292. The van der Waals surface area contributed by atoms with Crippen LogP contribution in [0.1, 0.15) is 43.0 Å². The van der Waals surface area contributed by atoms with E-state index in [1.807, 2.05) is 35.7 Å². The molecule has 1 aromatic carbocycles. The van der Waals surface area contributed by atoms with Crippen LogP contribution in [0.3, 0.4) is 0 Å². The molecular formula is C30H32N6O4S3. The first kappa shape index (κ1) is 30.6. The summed E-state index contributed by atoms with van der Waals surface area (Å²) in [6, 6.07) is 11.8. The molecule has 0 saturated heterocycles. The number of Topliss-reactive ketones (excluding diaryl/α,β-unsaturated/α-hetero) is 1. The highest BCUT2D eigenvalue weighted by atomic mass is 32.2. The van der Waals surface area contributed by atoms with Crippen LogP contribution in [0.5, 0.6) is 11.5 Å². The van der Waals surface area contributed by atoms with Crippen molar-refractivity contribution in [2.24, 2.45) is 11.1 Å². The molecule has 2 aliphatic rings. The Kier molecular flexibility index (Phi) is 9.10. The second-order valence-electron chi connectivity index (χ2n) is 10.9. The zero-order chi connectivity index (χ0) is 30.7. The van der Waals surface area contributed by atoms with Crippen LogP contribution in [0.2, 0.25) is 0 Å². The van der Waals surface area contributed by atoms with Crippen LogP contribution >= 0.6 is 34.4 Å². The number of thiophene rings is 1. The van der Waals surface area contributed by atoms with Gasteiger partial charge in [-0.05, 0) is 47.4 Å². The molecule has 43 heavy (non-hydrogen) atoms. The highest BCUT2D eigenvalue weighted by Gasteiger charge is 2.45. The Morgan fingerprint density at radius 2 is 2.02 bits per heavy atom. The van der Waals surface area contributed by atoms with Crippen LogP contribution in [0.4, 0.5) is 5.13 Å². The van der Waals surface area contributed by atoms with Crippen molar-refractivity contribution in [1.29, 1.82) is 5.26 Å². The number of ether oxygens (including phenoxy) is 2. The molecule has 10 nitrogen and oxygen atoms in total. The minimum atomic E-state index is -0.496. The number of hydrogen-bond acceptors (Lipinski definition) is 12. The fourth-order valence-electron chi connectivity index (χ4n) is 5.38. The number of hydrogen-bond donors (Lipinski definition) is 2. The SMILES string of the molecule is COc1ccc(CCNC(=O)CSc2nnc(N3C(N)=C(C#N)C(c4cccs4)C4=C3CC(C)(C)CC4=O)s2)cc1OC. The van der Waals surface area contributed by atoms with E-state index < -0.39 is 5.92 Å². The van der Waals surface area contributed by atoms with E-state index in [0.717, 1.165) is 16.1 Å². The van der Waals surface area contributed by atoms with E-state index >= 15 is 0 Å². The molecule has 0 spiro atoms. The fraction of sp³-hybridized carbons (Fsp3) is 0.367. The fourth-order valence-corrected chi connectivity index (χ4v) is 7.93. The van der Waals surface area contributed by atoms with Crippen LogP contribution in [0.15, 0.2) is 62.7 Å². The molecule has 13 heteroatoms. The van der Waals surface area contributed by atoms with E-state index in [4.69, 9.17) is 15.2 Å². The summed E-state index contributed by atoms with van der Waals surface area (Å²) in [6.07, 6.45) is 1.62. The predicted octanol–water partition coefficient (Wildman–Crippen LogP) is 5.01. The third kappa shape index (κ3) is 6.41. The van der Waals surface area contributed by atoms with Crippen LogP contribution in [0.25, 0.3) is 0 Å². The van der Waals surface area contributed by atoms with Crippen molar-refractivity contribution < 1.29 is 19.1 Å². The van der Waals surface area contributed by atoms with E-state index in [1.165, 1.54) is 34.4 Å². The molecule has 2 aromatic heterocycles. The van der Waals surface area contributed by atoms with E-state index in [9.17, 15) is 14.9 Å². The molecule has 0 saturated carbocycles. The number of amides is 1. The molecule has 1 amide bonds. The maximum atomic E-state index is 13.6. The predicted molar refractivity (Wildman–Crippen MR) is 168 cm³/mol. The van der Waals surface area contributed by atoms with Gasteiger partial charge in [0.1, 0.15) is 5.82 Å². The lowest BCUT2D eigenvalue weighted by atomic mass is 9.70. The summed E-state index contributed by atoms with van der Waals surface area (Å²) in [5, 5.41) is 24.2. The van der Waals surface area contributed by atoms with Gasteiger partial charge in [-0.15, -0.1) is 21.5 Å². The lowest BCUT2D eigenvalue weighted by Crippen LogP contribution is -2.42. The number of thioether (sulfide) groups is 1. The molecule has 3 aromatic rings. The summed E-state index contributed by atoms with van der Waals surface area (Å²) >= 11 is 4.05. The van der Waals surface area contributed by atoms with Gasteiger partial charge < -0.3 is 20.5 Å². The Morgan fingerprint density at radius 3 is 2.72 bits per heavy atom. The number of nitriles is 1. The zero-order valence-electron chi connectivity index (χ0n) is 24.3. The summed E-state index contributed by atoms with van der Waals surface area (Å²) in [5.74, 6) is 1.10. The second kappa shape index (κ2) is 12.8. The minimum absolute atomic E-state index is 0.0127. The molecule has 0 bridgehead atoms. The number of methoxy groups -OCH3 is 2. The maximum absolute atomic E-state index is 13.6. The average Bonchev–Trinajstić information content (AvgIpc) is 3.67. The molecular weight excluding hydrogens is 605 g/mol. The number of anilines is 1. The Morgan fingerprint density at radius 1 is 1.23 bits per heavy atom. The Labute approximate surface area is 262 Å². The summed E-state index contributed by atoms with van der Waals surface area (Å²) in [7, 11) is 3.18. The largest absolute Gasteiger partial charge is 0.493 e. The molecule has 1 atom stereocenters. The first-order valence-electron chi connectivity index (χ1n) is 13.6. The third-order valence-corrected chi connectivity index (χ3v) is 10.3. The standard InChI is InChI=1S/C30H32N6O4S3/c1-30(2)13-19-26(20(37)14-30)25(23-6-5-11-41-23)18(15-31)27(32)36(19)28-34-35-29(43-28)42-16-24(38)33-10-9-17-7-8-21(39-3)22(12-17)40-4/h5-8,11-12,25H,9-10,13-14,16,32H2,1-4H3,(H,33,38). The summed E-state index contributed by atoms with van der Waals surface area (Å²) < 4.78 is 11.2. The van der Waals surface area contributed by atoms with Gasteiger partial charge in [0.2, 0.25) is 11.0 Å². The van der Waals surface area contributed by atoms with E-state index in [1.54, 1.807) is 19.1 Å². The number of ketones is 1. The number of aromatic nitrogens is 2. The molecule has 3 heterocycles. The molecule has 5 rings (SSSR count). The topological polar surface area (TPSA) is 143 Å². The van der Waals surface area contributed by atoms with Gasteiger partial charge in [0, 0.05) is 29.1 Å². The Bertz CT molecular complexity index is 1640. The lowest BCUT2D eigenvalue weighted by molar-refractivity contribution is -0.119. The van der Waals surface area contributed by atoms with Crippen LogP contribution in [-0.4, -0.2) is 48.4 Å². The van der Waals surface area contributed by atoms with Crippen LogP contribution in [-0.2, 0) is 16.0 Å². The molecule has 0 radical (unpaired) electrons. The Hall–Kier alpha value is -3.86. The van der Waals surface area contributed by atoms with E-state index in [-0.39, 0.29) is 28.7 Å². The van der Waals surface area contributed by atoms with Gasteiger partial charge in [-0.1, -0.05) is 49.1 Å². The number of allylic oxidation sites excluding steroid dienone is 3. The van der Waals surface area contributed by atoms with Gasteiger partial charge in [-0.25, -0.2) is 0 Å². The molecule has 1 aliphatic heterocycles. The number of benzene rings is 1. The van der Waals surface area contributed by atoms with Gasteiger partial charge in [-0.3, -0.25) is 14.5 Å². The van der Waals surface area contributed by atoms with Crippen LogP contribution < -0.4 is 25.4 Å². The number of nitrogens with zero attached hydrogens (tertiary/aromatic N) is 4. The van der Waals surface area contributed by atoms with Gasteiger partial charge in [0.05, 0.1) is 37.5 Å². The molecule has 0 fully saturated rings. The number of nitrogens with two attached hydrogens (primary N) is 1. The van der Waals surface area contributed by atoms with Crippen molar-refractivity contribution in [2.45, 2.75) is 43.4 Å².